The van der Waals surface area contributed by atoms with Gasteiger partial charge in [0, 0.05) is 6.54 Å². The average molecular weight is 276 g/mol. The number of carbonyl (C=O) groups excluding carboxylic acids is 1. The van der Waals surface area contributed by atoms with Gasteiger partial charge in [-0.05, 0) is 26.8 Å². The summed E-state index contributed by atoms with van der Waals surface area (Å²) < 4.78 is 39.5. The van der Waals surface area contributed by atoms with Crippen LogP contribution in [0.5, 0.6) is 0 Å². The van der Waals surface area contributed by atoms with E-state index in [1.54, 1.807) is 13.8 Å². The van der Waals surface area contributed by atoms with Crippen molar-refractivity contribution in [2.45, 2.75) is 26.4 Å². The van der Waals surface area contributed by atoms with Crippen molar-refractivity contribution in [2.24, 2.45) is 5.41 Å². The summed E-state index contributed by atoms with van der Waals surface area (Å²) >= 11 is 0. The standard InChI is InChI=1S/C11H15F3N4O/c1-6-8(7(2)18-17-6)16-9(19)10(11(12,13)14)3-4-15-5-10/h15H,3-5H2,1-2H3,(H,16,19)(H,17,18). The van der Waals surface area contributed by atoms with E-state index in [1.807, 2.05) is 0 Å². The van der Waals surface area contributed by atoms with Crippen molar-refractivity contribution in [2.75, 3.05) is 18.4 Å². The van der Waals surface area contributed by atoms with Gasteiger partial charge in [-0.3, -0.25) is 9.89 Å². The van der Waals surface area contributed by atoms with Crippen LogP contribution in [-0.2, 0) is 4.79 Å². The highest BCUT2D eigenvalue weighted by atomic mass is 19.4. The summed E-state index contributed by atoms with van der Waals surface area (Å²) in [5, 5.41) is 11.4. The molecule has 19 heavy (non-hydrogen) atoms. The number of aromatic nitrogens is 2. The normalized spacial score (nSPS) is 23.6. The van der Waals surface area contributed by atoms with Crippen LogP contribution in [0.4, 0.5) is 18.9 Å². The Bertz CT molecular complexity index is 469. The van der Waals surface area contributed by atoms with Crippen molar-refractivity contribution in [1.29, 1.82) is 0 Å². The monoisotopic (exact) mass is 276 g/mol. The van der Waals surface area contributed by atoms with Crippen molar-refractivity contribution in [3.05, 3.63) is 11.4 Å². The van der Waals surface area contributed by atoms with Crippen molar-refractivity contribution >= 4 is 11.6 Å². The number of hydrogen-bond donors (Lipinski definition) is 3. The molecule has 5 nitrogen and oxygen atoms in total. The van der Waals surface area contributed by atoms with Crippen molar-refractivity contribution < 1.29 is 18.0 Å². The number of nitrogens with zero attached hydrogens (tertiary/aromatic N) is 1. The minimum atomic E-state index is -4.58. The number of nitrogens with one attached hydrogen (secondary N) is 3. The molecule has 0 spiro atoms. The van der Waals surface area contributed by atoms with E-state index in [-0.39, 0.29) is 13.0 Å². The maximum absolute atomic E-state index is 13.2. The molecule has 1 amide bonds. The Labute approximate surface area is 108 Å². The first-order chi connectivity index (χ1) is 8.78. The third-order valence-corrected chi connectivity index (χ3v) is 3.50. The summed E-state index contributed by atoms with van der Waals surface area (Å²) in [6.07, 6.45) is -4.83. The molecular formula is C11H15F3N4O. The zero-order chi connectivity index (χ0) is 14.3. The van der Waals surface area contributed by atoms with Gasteiger partial charge in [0.05, 0.1) is 17.1 Å². The summed E-state index contributed by atoms with van der Waals surface area (Å²) in [6, 6.07) is 0. The Kier molecular flexibility index (Phi) is 3.29. The molecule has 8 heteroatoms. The average Bonchev–Trinajstić information content (AvgIpc) is 2.91. The lowest BCUT2D eigenvalue weighted by atomic mass is 9.85. The molecule has 0 saturated carbocycles. The lowest BCUT2D eigenvalue weighted by Crippen LogP contribution is -2.49. The Hall–Kier alpha value is -1.57. The molecule has 1 aliphatic heterocycles. The first-order valence-corrected chi connectivity index (χ1v) is 5.88. The molecule has 2 heterocycles. The van der Waals surface area contributed by atoms with E-state index in [0.29, 0.717) is 17.1 Å². The van der Waals surface area contributed by atoms with Gasteiger partial charge in [0.15, 0.2) is 5.41 Å². The molecular weight excluding hydrogens is 261 g/mol. The van der Waals surface area contributed by atoms with Crippen LogP contribution in [0.15, 0.2) is 0 Å². The molecule has 0 aromatic carbocycles. The summed E-state index contributed by atoms with van der Waals surface area (Å²) in [5.74, 6) is -1.03. The smallest absolute Gasteiger partial charge is 0.322 e. The number of anilines is 1. The van der Waals surface area contributed by atoms with E-state index in [0.717, 1.165) is 0 Å². The molecule has 1 atom stereocenters. The van der Waals surface area contributed by atoms with Crippen LogP contribution < -0.4 is 10.6 Å². The quantitative estimate of drug-likeness (QED) is 0.767. The number of amides is 1. The SMILES string of the molecule is Cc1n[nH]c(C)c1NC(=O)C1(C(F)(F)F)CCNC1. The van der Waals surface area contributed by atoms with E-state index in [2.05, 4.69) is 20.8 Å². The van der Waals surface area contributed by atoms with E-state index < -0.39 is 24.0 Å². The number of halogens is 3. The van der Waals surface area contributed by atoms with E-state index in [4.69, 9.17) is 0 Å². The molecule has 1 unspecified atom stereocenters. The molecule has 1 fully saturated rings. The van der Waals surface area contributed by atoms with Crippen LogP contribution in [-0.4, -0.2) is 35.4 Å². The van der Waals surface area contributed by atoms with Crippen molar-refractivity contribution in [1.82, 2.24) is 15.5 Å². The summed E-state index contributed by atoms with van der Waals surface area (Å²) in [4.78, 5) is 12.1. The maximum Gasteiger partial charge on any atom is 0.404 e. The number of aryl methyl sites for hydroxylation is 2. The molecule has 0 aliphatic carbocycles. The fraction of sp³-hybridized carbons (Fsp3) is 0.636. The fourth-order valence-corrected chi connectivity index (χ4v) is 2.22. The van der Waals surface area contributed by atoms with E-state index in [1.165, 1.54) is 0 Å². The predicted octanol–water partition coefficient (Wildman–Crippen LogP) is 1.51. The lowest BCUT2D eigenvalue weighted by molar-refractivity contribution is -0.213. The van der Waals surface area contributed by atoms with Gasteiger partial charge in [0.25, 0.3) is 0 Å². The summed E-state index contributed by atoms with van der Waals surface area (Å²) in [5.41, 5.74) is -1.04. The zero-order valence-corrected chi connectivity index (χ0v) is 10.6. The molecule has 1 saturated heterocycles. The largest absolute Gasteiger partial charge is 0.404 e. The molecule has 3 N–H and O–H groups in total. The van der Waals surface area contributed by atoms with E-state index in [9.17, 15) is 18.0 Å². The van der Waals surface area contributed by atoms with Gasteiger partial charge < -0.3 is 10.6 Å². The van der Waals surface area contributed by atoms with Crippen LogP contribution in [0.2, 0.25) is 0 Å². The van der Waals surface area contributed by atoms with Crippen LogP contribution in [0, 0.1) is 19.3 Å². The molecule has 0 radical (unpaired) electrons. The predicted molar refractivity (Wildman–Crippen MR) is 62.7 cm³/mol. The van der Waals surface area contributed by atoms with Crippen LogP contribution >= 0.6 is 0 Å². The number of rotatable bonds is 2. The van der Waals surface area contributed by atoms with Crippen molar-refractivity contribution in [3.8, 4) is 0 Å². The summed E-state index contributed by atoms with van der Waals surface area (Å²) in [7, 11) is 0. The summed E-state index contributed by atoms with van der Waals surface area (Å²) in [6.45, 7) is 3.05. The number of alkyl halides is 3. The highest BCUT2D eigenvalue weighted by Gasteiger charge is 2.61. The number of aromatic amines is 1. The molecule has 1 aromatic rings. The topological polar surface area (TPSA) is 69.8 Å². The molecule has 2 rings (SSSR count). The van der Waals surface area contributed by atoms with Crippen LogP contribution in [0.3, 0.4) is 0 Å². The van der Waals surface area contributed by atoms with Gasteiger partial charge in [0.1, 0.15) is 0 Å². The maximum atomic E-state index is 13.2. The Morgan fingerprint density at radius 3 is 2.53 bits per heavy atom. The third kappa shape index (κ3) is 2.20. The number of carbonyl (C=O) groups is 1. The van der Waals surface area contributed by atoms with E-state index >= 15 is 0 Å². The number of hydrogen-bond acceptors (Lipinski definition) is 3. The van der Waals surface area contributed by atoms with Gasteiger partial charge in [-0.2, -0.15) is 18.3 Å². The Morgan fingerprint density at radius 1 is 1.42 bits per heavy atom. The first kappa shape index (κ1) is 13.9. The lowest BCUT2D eigenvalue weighted by Gasteiger charge is -2.29. The second-order valence-corrected chi connectivity index (χ2v) is 4.77. The minimum absolute atomic E-state index is 0.177. The minimum Gasteiger partial charge on any atom is -0.322 e. The highest BCUT2D eigenvalue weighted by Crippen LogP contribution is 2.44. The second kappa shape index (κ2) is 4.52. The molecule has 0 bridgehead atoms. The fourth-order valence-electron chi connectivity index (χ4n) is 2.22. The zero-order valence-electron chi connectivity index (χ0n) is 10.6. The Morgan fingerprint density at radius 2 is 2.11 bits per heavy atom. The molecule has 1 aliphatic rings. The third-order valence-electron chi connectivity index (χ3n) is 3.50. The van der Waals surface area contributed by atoms with Crippen molar-refractivity contribution in [3.63, 3.8) is 0 Å². The van der Waals surface area contributed by atoms with Gasteiger partial charge in [-0.1, -0.05) is 0 Å². The second-order valence-electron chi connectivity index (χ2n) is 4.77. The highest BCUT2D eigenvalue weighted by molar-refractivity contribution is 5.97. The Balaban J connectivity index is 2.27. The van der Waals surface area contributed by atoms with Gasteiger partial charge in [-0.15, -0.1) is 0 Å². The number of H-pyrrole nitrogens is 1. The van der Waals surface area contributed by atoms with Crippen LogP contribution in [0.25, 0.3) is 0 Å². The van der Waals surface area contributed by atoms with Crippen LogP contribution in [0.1, 0.15) is 17.8 Å². The van der Waals surface area contributed by atoms with Gasteiger partial charge in [0.2, 0.25) is 5.91 Å². The van der Waals surface area contributed by atoms with Gasteiger partial charge in [-0.25, -0.2) is 0 Å². The van der Waals surface area contributed by atoms with Gasteiger partial charge >= 0.3 is 6.18 Å². The molecule has 106 valence electrons. The first-order valence-electron chi connectivity index (χ1n) is 5.88. The molecule has 1 aromatic heterocycles.